The summed E-state index contributed by atoms with van der Waals surface area (Å²) in [5.74, 6) is -0.689. The molecule has 1 aromatic carbocycles. The number of carbonyl (C=O) groups is 2. The molecule has 2 aromatic heterocycles. The van der Waals surface area contributed by atoms with Gasteiger partial charge in [0.15, 0.2) is 5.65 Å². The molecular formula is C18H18BrN5O4. The van der Waals surface area contributed by atoms with E-state index in [1.807, 2.05) is 0 Å². The number of methoxy groups -OCH3 is 1. The Bertz CT molecular complexity index is 1090. The van der Waals surface area contributed by atoms with E-state index in [4.69, 9.17) is 0 Å². The molecule has 146 valence electrons. The number of rotatable bonds is 6. The van der Waals surface area contributed by atoms with E-state index in [1.165, 1.54) is 22.7 Å². The van der Waals surface area contributed by atoms with Gasteiger partial charge in [0, 0.05) is 13.6 Å². The maximum Gasteiger partial charge on any atom is 0.337 e. The van der Waals surface area contributed by atoms with Crippen LogP contribution in [0.4, 0.5) is 0 Å². The van der Waals surface area contributed by atoms with Crippen molar-refractivity contribution in [3.63, 3.8) is 0 Å². The Morgan fingerprint density at radius 2 is 1.96 bits per heavy atom. The first kappa shape index (κ1) is 19.7. The molecule has 0 aliphatic heterocycles. The van der Waals surface area contributed by atoms with Gasteiger partial charge in [-0.2, -0.15) is 5.10 Å². The Labute approximate surface area is 168 Å². The quantitative estimate of drug-likeness (QED) is 0.565. The van der Waals surface area contributed by atoms with Crippen molar-refractivity contribution in [2.45, 2.75) is 13.0 Å². The predicted molar refractivity (Wildman–Crippen MR) is 105 cm³/mol. The van der Waals surface area contributed by atoms with Gasteiger partial charge in [0.2, 0.25) is 5.91 Å². The molecule has 0 aliphatic rings. The van der Waals surface area contributed by atoms with Crippen LogP contribution >= 0.6 is 15.9 Å². The molecule has 10 heteroatoms. The van der Waals surface area contributed by atoms with Crippen molar-refractivity contribution >= 4 is 38.8 Å². The molecule has 0 fully saturated rings. The highest BCUT2D eigenvalue weighted by Crippen LogP contribution is 2.16. The lowest BCUT2D eigenvalue weighted by Crippen LogP contribution is -2.33. The van der Waals surface area contributed by atoms with Gasteiger partial charge < -0.3 is 10.1 Å². The number of nitrogens with one attached hydrogen (secondary N) is 1. The van der Waals surface area contributed by atoms with Crippen molar-refractivity contribution in [3.8, 4) is 0 Å². The van der Waals surface area contributed by atoms with Crippen LogP contribution < -0.4 is 10.9 Å². The Balaban J connectivity index is 1.58. The van der Waals surface area contributed by atoms with Crippen molar-refractivity contribution < 1.29 is 14.3 Å². The van der Waals surface area contributed by atoms with Gasteiger partial charge >= 0.3 is 5.97 Å². The summed E-state index contributed by atoms with van der Waals surface area (Å²) in [6.45, 7) is 0.266. The van der Waals surface area contributed by atoms with Crippen LogP contribution in [0.2, 0.25) is 0 Å². The minimum absolute atomic E-state index is 0.135. The number of hydrogen-bond donors (Lipinski definition) is 1. The molecule has 9 nitrogen and oxygen atoms in total. The first-order valence-corrected chi connectivity index (χ1v) is 9.21. The number of hydrogen-bond acceptors (Lipinski definition) is 6. The maximum absolute atomic E-state index is 12.5. The molecule has 2 heterocycles. The second kappa shape index (κ2) is 8.34. The average Bonchev–Trinajstić information content (AvgIpc) is 2.98. The van der Waals surface area contributed by atoms with Gasteiger partial charge in [0.25, 0.3) is 5.56 Å². The zero-order valence-electron chi connectivity index (χ0n) is 15.3. The molecule has 1 N–H and O–H groups in total. The van der Waals surface area contributed by atoms with Crippen molar-refractivity contribution in [1.29, 1.82) is 0 Å². The third-order valence-electron chi connectivity index (χ3n) is 4.19. The highest BCUT2D eigenvalue weighted by molar-refractivity contribution is 9.10. The minimum atomic E-state index is -0.392. The lowest BCUT2D eigenvalue weighted by atomic mass is 10.1. The summed E-state index contributed by atoms with van der Waals surface area (Å²) in [5.41, 5.74) is 1.55. The maximum atomic E-state index is 12.5. The van der Waals surface area contributed by atoms with Gasteiger partial charge in [-0.15, -0.1) is 0 Å². The number of aromatic nitrogens is 4. The average molecular weight is 448 g/mol. The van der Waals surface area contributed by atoms with Crippen LogP contribution in [0.5, 0.6) is 0 Å². The molecule has 0 aliphatic carbocycles. The van der Waals surface area contributed by atoms with Gasteiger partial charge in [0.1, 0.15) is 22.9 Å². The van der Waals surface area contributed by atoms with Crippen LogP contribution in [-0.4, -0.2) is 44.9 Å². The van der Waals surface area contributed by atoms with Crippen molar-refractivity contribution in [3.05, 3.63) is 56.7 Å². The SMILES string of the molecule is COC(=O)c1ccc(CCNC(=O)Cn2cnc3c(c(Br)nn3C)c2=O)cc1. The summed E-state index contributed by atoms with van der Waals surface area (Å²) in [6, 6.07) is 6.96. The molecule has 0 radical (unpaired) electrons. The molecule has 0 saturated carbocycles. The molecule has 0 atom stereocenters. The van der Waals surface area contributed by atoms with Crippen molar-refractivity contribution in [2.24, 2.45) is 7.05 Å². The van der Waals surface area contributed by atoms with E-state index in [1.54, 1.807) is 31.3 Å². The second-order valence-electron chi connectivity index (χ2n) is 6.08. The van der Waals surface area contributed by atoms with Gasteiger partial charge in [0.05, 0.1) is 12.7 Å². The van der Waals surface area contributed by atoms with E-state index < -0.39 is 5.97 Å². The first-order chi connectivity index (χ1) is 13.4. The van der Waals surface area contributed by atoms with E-state index in [0.717, 1.165) is 5.56 Å². The Morgan fingerprint density at radius 3 is 2.64 bits per heavy atom. The predicted octanol–water partition coefficient (Wildman–Crippen LogP) is 1.04. The fourth-order valence-corrected chi connectivity index (χ4v) is 3.32. The molecule has 0 saturated heterocycles. The highest BCUT2D eigenvalue weighted by Gasteiger charge is 2.14. The topological polar surface area (TPSA) is 108 Å². The summed E-state index contributed by atoms with van der Waals surface area (Å²) in [6.07, 6.45) is 1.93. The van der Waals surface area contributed by atoms with E-state index in [2.05, 4.69) is 36.1 Å². The summed E-state index contributed by atoms with van der Waals surface area (Å²) in [7, 11) is 3.02. The normalized spacial score (nSPS) is 10.8. The number of carbonyl (C=O) groups excluding carboxylic acids is 2. The molecule has 0 bridgehead atoms. The van der Waals surface area contributed by atoms with Crippen molar-refractivity contribution in [1.82, 2.24) is 24.6 Å². The number of ether oxygens (including phenoxy) is 1. The molecule has 3 aromatic rings. The molecular weight excluding hydrogens is 430 g/mol. The standard InChI is InChI=1S/C18H18BrN5O4/c1-23-16-14(15(19)22-23)17(26)24(10-21-16)9-13(25)20-8-7-11-3-5-12(6-4-11)18(27)28-2/h3-6,10H,7-9H2,1-2H3,(H,20,25). The van der Waals surface area contributed by atoms with Crippen LogP contribution in [0.3, 0.4) is 0 Å². The fraction of sp³-hybridized carbons (Fsp3) is 0.278. The van der Waals surface area contributed by atoms with Crippen LogP contribution in [0, 0.1) is 0 Å². The smallest absolute Gasteiger partial charge is 0.337 e. The monoisotopic (exact) mass is 447 g/mol. The summed E-state index contributed by atoms with van der Waals surface area (Å²) in [4.78, 5) is 40.3. The lowest BCUT2D eigenvalue weighted by molar-refractivity contribution is -0.121. The van der Waals surface area contributed by atoms with E-state index >= 15 is 0 Å². The molecule has 0 unspecified atom stereocenters. The van der Waals surface area contributed by atoms with Crippen LogP contribution in [0.15, 0.2) is 40.0 Å². The molecule has 0 spiro atoms. The van der Waals surface area contributed by atoms with E-state index in [-0.39, 0.29) is 18.0 Å². The van der Waals surface area contributed by atoms with Gasteiger partial charge in [-0.05, 0) is 40.0 Å². The molecule has 1 amide bonds. The fourth-order valence-electron chi connectivity index (χ4n) is 2.73. The highest BCUT2D eigenvalue weighted by atomic mass is 79.9. The number of halogens is 1. The number of amides is 1. The van der Waals surface area contributed by atoms with Crippen molar-refractivity contribution in [2.75, 3.05) is 13.7 Å². The number of fused-ring (bicyclic) bond motifs is 1. The van der Waals surface area contributed by atoms with E-state index in [0.29, 0.717) is 34.2 Å². The summed E-state index contributed by atoms with van der Waals surface area (Å²) >= 11 is 3.24. The molecule has 28 heavy (non-hydrogen) atoms. The van der Waals surface area contributed by atoms with E-state index in [9.17, 15) is 14.4 Å². The van der Waals surface area contributed by atoms with Crippen LogP contribution in [-0.2, 0) is 29.5 Å². The minimum Gasteiger partial charge on any atom is -0.465 e. The Morgan fingerprint density at radius 1 is 1.25 bits per heavy atom. The second-order valence-corrected chi connectivity index (χ2v) is 6.83. The summed E-state index contributed by atoms with van der Waals surface area (Å²) in [5, 5.41) is 7.21. The van der Waals surface area contributed by atoms with Crippen LogP contribution in [0.1, 0.15) is 15.9 Å². The zero-order valence-corrected chi connectivity index (χ0v) is 16.9. The zero-order chi connectivity index (χ0) is 20.3. The first-order valence-electron chi connectivity index (χ1n) is 8.42. The summed E-state index contributed by atoms with van der Waals surface area (Å²) < 4.78 is 7.79. The van der Waals surface area contributed by atoms with Gasteiger partial charge in [-0.25, -0.2) is 14.5 Å². The number of benzene rings is 1. The number of esters is 1. The van der Waals surface area contributed by atoms with Gasteiger partial charge in [-0.3, -0.25) is 14.2 Å². The van der Waals surface area contributed by atoms with Crippen LogP contribution in [0.25, 0.3) is 11.0 Å². The third-order valence-corrected chi connectivity index (χ3v) is 4.75. The largest absolute Gasteiger partial charge is 0.465 e. The van der Waals surface area contributed by atoms with Gasteiger partial charge in [-0.1, -0.05) is 12.1 Å². The Kier molecular flexibility index (Phi) is 5.88. The third kappa shape index (κ3) is 4.11. The number of aryl methyl sites for hydroxylation is 1. The Hall–Kier alpha value is -3.01. The number of nitrogens with zero attached hydrogens (tertiary/aromatic N) is 4. The molecule has 3 rings (SSSR count). The lowest BCUT2D eigenvalue weighted by Gasteiger charge is -2.08.